The molecule has 0 saturated heterocycles. The third kappa shape index (κ3) is 3.48. The van der Waals surface area contributed by atoms with Crippen molar-refractivity contribution in [2.75, 3.05) is 17.2 Å². The van der Waals surface area contributed by atoms with Crippen LogP contribution in [-0.4, -0.2) is 18.2 Å². The van der Waals surface area contributed by atoms with Crippen LogP contribution in [0.1, 0.15) is 17.5 Å². The lowest BCUT2D eigenvalue weighted by atomic mass is 10.2. The number of hydrogen-bond donors (Lipinski definition) is 0. The molecule has 1 aliphatic rings. The van der Waals surface area contributed by atoms with Gasteiger partial charge in [-0.1, -0.05) is 48.5 Å². The molecule has 108 valence electrons. The van der Waals surface area contributed by atoms with Crippen LogP contribution in [0.15, 0.2) is 54.6 Å². The molecule has 0 N–H and O–H groups in total. The Morgan fingerprint density at radius 2 is 1.81 bits per heavy atom. The maximum absolute atomic E-state index is 12.3. The summed E-state index contributed by atoms with van der Waals surface area (Å²) >= 11 is 1.83. The van der Waals surface area contributed by atoms with Crippen LogP contribution in [0.2, 0.25) is 0 Å². The number of hydrogen-bond acceptors (Lipinski definition) is 2. The molecule has 0 saturated carbocycles. The van der Waals surface area contributed by atoms with Crippen molar-refractivity contribution in [2.45, 2.75) is 18.6 Å². The average molecular weight is 297 g/mol. The van der Waals surface area contributed by atoms with E-state index in [9.17, 15) is 4.79 Å². The first-order valence-corrected chi connectivity index (χ1v) is 8.50. The number of carbonyl (C=O) groups excluding carboxylic acids is 1. The lowest BCUT2D eigenvalue weighted by molar-refractivity contribution is -0.118. The molecule has 0 fully saturated rings. The van der Waals surface area contributed by atoms with Gasteiger partial charge in [0.05, 0.1) is 0 Å². The lowest BCUT2D eigenvalue weighted by Crippen LogP contribution is -2.29. The number of fused-ring (bicyclic) bond motifs is 1. The molecule has 1 amide bonds. The van der Waals surface area contributed by atoms with Crippen molar-refractivity contribution in [1.82, 2.24) is 0 Å². The minimum Gasteiger partial charge on any atom is -0.312 e. The van der Waals surface area contributed by atoms with Crippen molar-refractivity contribution in [3.8, 4) is 0 Å². The van der Waals surface area contributed by atoms with Gasteiger partial charge in [0.2, 0.25) is 5.91 Å². The second kappa shape index (κ2) is 6.81. The highest BCUT2D eigenvalue weighted by Gasteiger charge is 2.23. The molecule has 0 aliphatic carbocycles. The maximum atomic E-state index is 12.3. The molecule has 0 bridgehead atoms. The molecule has 3 heteroatoms. The van der Waals surface area contributed by atoms with E-state index < -0.39 is 0 Å². The number of carbonyl (C=O) groups is 1. The Morgan fingerprint density at radius 3 is 2.67 bits per heavy atom. The second-order valence-corrected chi connectivity index (χ2v) is 6.32. The van der Waals surface area contributed by atoms with Gasteiger partial charge >= 0.3 is 0 Å². The van der Waals surface area contributed by atoms with Crippen LogP contribution in [0.5, 0.6) is 0 Å². The molecular formula is C18H19NOS. The van der Waals surface area contributed by atoms with Gasteiger partial charge in [-0.05, 0) is 23.6 Å². The Kier molecular flexibility index (Phi) is 4.61. The average Bonchev–Trinajstić information content (AvgIpc) is 2.96. The van der Waals surface area contributed by atoms with Crippen LogP contribution in [0.4, 0.5) is 5.69 Å². The third-order valence-corrected chi connectivity index (χ3v) is 4.79. The highest BCUT2D eigenvalue weighted by atomic mass is 32.2. The van der Waals surface area contributed by atoms with E-state index in [1.807, 2.05) is 34.9 Å². The van der Waals surface area contributed by atoms with Crippen LogP contribution in [0.3, 0.4) is 0 Å². The summed E-state index contributed by atoms with van der Waals surface area (Å²) in [5.74, 6) is 2.11. The molecule has 2 nitrogen and oxygen atoms in total. The van der Waals surface area contributed by atoms with Gasteiger partial charge in [-0.2, -0.15) is 11.8 Å². The fraction of sp³-hybridized carbons (Fsp3) is 0.278. The van der Waals surface area contributed by atoms with E-state index in [1.54, 1.807) is 0 Å². The predicted octanol–water partition coefficient (Wildman–Crippen LogP) is 3.90. The van der Waals surface area contributed by atoms with E-state index in [4.69, 9.17) is 0 Å². The first-order valence-electron chi connectivity index (χ1n) is 7.34. The molecule has 1 aliphatic heterocycles. The molecule has 0 radical (unpaired) electrons. The van der Waals surface area contributed by atoms with Gasteiger partial charge < -0.3 is 4.90 Å². The van der Waals surface area contributed by atoms with Crippen molar-refractivity contribution in [3.63, 3.8) is 0 Å². The number of para-hydroxylation sites is 1. The van der Waals surface area contributed by atoms with Crippen LogP contribution in [0, 0.1) is 0 Å². The van der Waals surface area contributed by atoms with E-state index in [0.29, 0.717) is 6.42 Å². The minimum absolute atomic E-state index is 0.250. The van der Waals surface area contributed by atoms with Gasteiger partial charge in [0, 0.05) is 30.2 Å². The fourth-order valence-electron chi connectivity index (χ4n) is 2.66. The number of anilines is 1. The number of nitrogens with zero attached hydrogens (tertiary/aromatic N) is 1. The summed E-state index contributed by atoms with van der Waals surface area (Å²) in [4.78, 5) is 14.3. The Hall–Kier alpha value is -1.74. The molecule has 0 atom stereocenters. The number of thioether (sulfide) groups is 1. The standard InChI is InChI=1S/C18H19NOS/c20-18(11-13-21-14-15-6-2-1-3-7-15)19-12-10-16-8-4-5-9-17(16)19/h1-9H,10-14H2. The van der Waals surface area contributed by atoms with Gasteiger partial charge in [-0.25, -0.2) is 0 Å². The van der Waals surface area contributed by atoms with Gasteiger partial charge in [-0.15, -0.1) is 0 Å². The summed E-state index contributed by atoms with van der Waals surface area (Å²) in [5, 5.41) is 0. The number of amides is 1. The van der Waals surface area contributed by atoms with Crippen LogP contribution in [-0.2, 0) is 17.0 Å². The first-order chi connectivity index (χ1) is 10.3. The monoisotopic (exact) mass is 297 g/mol. The van der Waals surface area contributed by atoms with E-state index in [0.717, 1.165) is 30.2 Å². The molecule has 2 aromatic carbocycles. The number of benzene rings is 2. The van der Waals surface area contributed by atoms with Crippen LogP contribution < -0.4 is 4.90 Å². The van der Waals surface area contributed by atoms with Gasteiger partial charge in [-0.3, -0.25) is 4.79 Å². The highest BCUT2D eigenvalue weighted by molar-refractivity contribution is 7.98. The topological polar surface area (TPSA) is 20.3 Å². The van der Waals surface area contributed by atoms with Crippen molar-refractivity contribution < 1.29 is 4.79 Å². The molecule has 21 heavy (non-hydrogen) atoms. The Balaban J connectivity index is 1.47. The Labute approximate surface area is 130 Å². The molecule has 2 aromatic rings. The maximum Gasteiger partial charge on any atom is 0.227 e. The zero-order valence-electron chi connectivity index (χ0n) is 12.0. The highest BCUT2D eigenvalue weighted by Crippen LogP contribution is 2.28. The SMILES string of the molecule is O=C(CCSCc1ccccc1)N1CCc2ccccc21. The van der Waals surface area contributed by atoms with Crippen LogP contribution >= 0.6 is 11.8 Å². The van der Waals surface area contributed by atoms with Crippen LogP contribution in [0.25, 0.3) is 0 Å². The van der Waals surface area contributed by atoms with Gasteiger partial charge in [0.15, 0.2) is 0 Å². The fourth-order valence-corrected chi connectivity index (χ4v) is 3.55. The molecule has 0 spiro atoms. The van der Waals surface area contributed by atoms with E-state index in [1.165, 1.54) is 11.1 Å². The molecular weight excluding hydrogens is 278 g/mol. The largest absolute Gasteiger partial charge is 0.312 e. The summed E-state index contributed by atoms with van der Waals surface area (Å²) in [5.41, 5.74) is 3.72. The van der Waals surface area contributed by atoms with Crippen molar-refractivity contribution in [3.05, 3.63) is 65.7 Å². The van der Waals surface area contributed by atoms with Gasteiger partial charge in [0.1, 0.15) is 0 Å². The number of rotatable bonds is 5. The molecule has 3 rings (SSSR count). The quantitative estimate of drug-likeness (QED) is 0.780. The molecule has 0 unspecified atom stereocenters. The van der Waals surface area contributed by atoms with E-state index >= 15 is 0 Å². The normalized spacial score (nSPS) is 13.2. The molecule has 0 aromatic heterocycles. The zero-order valence-corrected chi connectivity index (χ0v) is 12.8. The Morgan fingerprint density at radius 1 is 1.05 bits per heavy atom. The third-order valence-electron chi connectivity index (χ3n) is 3.76. The molecule has 1 heterocycles. The summed E-state index contributed by atoms with van der Waals surface area (Å²) in [7, 11) is 0. The smallest absolute Gasteiger partial charge is 0.227 e. The van der Waals surface area contributed by atoms with E-state index in [-0.39, 0.29) is 5.91 Å². The van der Waals surface area contributed by atoms with E-state index in [2.05, 4.69) is 36.4 Å². The summed E-state index contributed by atoms with van der Waals surface area (Å²) < 4.78 is 0. The lowest BCUT2D eigenvalue weighted by Gasteiger charge is -2.17. The van der Waals surface area contributed by atoms with Crippen molar-refractivity contribution in [2.24, 2.45) is 0 Å². The van der Waals surface area contributed by atoms with Crippen molar-refractivity contribution in [1.29, 1.82) is 0 Å². The summed E-state index contributed by atoms with van der Waals surface area (Å²) in [6, 6.07) is 18.6. The Bertz CT molecular complexity index is 612. The predicted molar refractivity (Wildman–Crippen MR) is 89.7 cm³/mol. The summed E-state index contributed by atoms with van der Waals surface area (Å²) in [6.07, 6.45) is 1.60. The van der Waals surface area contributed by atoms with Gasteiger partial charge in [0.25, 0.3) is 0 Å². The zero-order chi connectivity index (χ0) is 14.5. The second-order valence-electron chi connectivity index (χ2n) is 5.21. The minimum atomic E-state index is 0.250. The first kappa shape index (κ1) is 14.2. The summed E-state index contributed by atoms with van der Waals surface area (Å²) in [6.45, 7) is 0.835. The van der Waals surface area contributed by atoms with Crippen molar-refractivity contribution >= 4 is 23.4 Å².